The normalized spacial score (nSPS) is 10.7. The second kappa shape index (κ2) is 27.4. The van der Waals surface area contributed by atoms with Crippen molar-refractivity contribution in [3.63, 3.8) is 0 Å². The highest BCUT2D eigenvalue weighted by atomic mass is 16.5. The maximum Gasteiger partial charge on any atom is 0.302 e. The van der Waals surface area contributed by atoms with Crippen LogP contribution in [-0.2, 0) is 19.1 Å². The number of nitrogens with one attached hydrogen (secondary N) is 2. The molecule has 13 nitrogen and oxygen atoms in total. The number of anilines is 2. The zero-order valence-corrected chi connectivity index (χ0v) is 30.8. The fourth-order valence-corrected chi connectivity index (χ4v) is 5.02. The van der Waals surface area contributed by atoms with E-state index in [9.17, 15) is 24.0 Å². The number of amides is 4. The van der Waals surface area contributed by atoms with Gasteiger partial charge in [0.1, 0.15) is 6.61 Å². The van der Waals surface area contributed by atoms with E-state index in [0.717, 1.165) is 90.4 Å². The lowest BCUT2D eigenvalue weighted by Gasteiger charge is -2.15. The summed E-state index contributed by atoms with van der Waals surface area (Å²) in [7, 11) is 4.03. The van der Waals surface area contributed by atoms with Gasteiger partial charge in [-0.2, -0.15) is 0 Å². The third-order valence-corrected chi connectivity index (χ3v) is 8.05. The largest absolute Gasteiger partial charge is 0.465 e. The van der Waals surface area contributed by atoms with Crippen LogP contribution < -0.4 is 22.1 Å². The Balaban J connectivity index is 0.000000514. The zero-order chi connectivity index (χ0) is 37.9. The first-order valence-corrected chi connectivity index (χ1v) is 17.9. The van der Waals surface area contributed by atoms with E-state index in [4.69, 9.17) is 21.3 Å². The van der Waals surface area contributed by atoms with Gasteiger partial charge in [0.05, 0.1) is 6.61 Å². The third kappa shape index (κ3) is 23.7. The first-order valence-electron chi connectivity index (χ1n) is 17.9. The predicted octanol–water partition coefficient (Wildman–Crippen LogP) is 4.55. The minimum atomic E-state index is -0.483. The first kappa shape index (κ1) is 44.7. The Morgan fingerprint density at radius 1 is 0.588 bits per heavy atom. The highest BCUT2D eigenvalue weighted by molar-refractivity contribution is 5.95. The number of carbonyl (C=O) groups is 5. The molecule has 2 aromatic rings. The molecule has 0 atom stereocenters. The molecule has 0 saturated heterocycles. The van der Waals surface area contributed by atoms with Crippen molar-refractivity contribution in [1.82, 2.24) is 9.80 Å². The number of esters is 1. The van der Waals surface area contributed by atoms with Crippen LogP contribution in [0.5, 0.6) is 0 Å². The Morgan fingerprint density at radius 2 is 0.961 bits per heavy atom. The Kier molecular flexibility index (Phi) is 24.0. The highest BCUT2D eigenvalue weighted by Gasteiger charge is 2.06. The Hall–Kier alpha value is -4.33. The van der Waals surface area contributed by atoms with Gasteiger partial charge in [0.15, 0.2) is 0 Å². The molecular weight excluding hydrogens is 652 g/mol. The highest BCUT2D eigenvalue weighted by Crippen LogP contribution is 2.13. The molecular formula is C38H60N6O7. The number of hydrogen-bond donors (Lipinski definition) is 5. The molecule has 7 N–H and O–H groups in total. The van der Waals surface area contributed by atoms with Gasteiger partial charge in [-0.15, -0.1) is 0 Å². The number of benzene rings is 2. The van der Waals surface area contributed by atoms with E-state index < -0.39 is 11.8 Å². The Morgan fingerprint density at radius 3 is 1.33 bits per heavy atom. The molecule has 0 unspecified atom stereocenters. The maximum atomic E-state index is 11.9. The van der Waals surface area contributed by atoms with Crippen LogP contribution in [0.3, 0.4) is 0 Å². The molecule has 13 heteroatoms. The third-order valence-electron chi connectivity index (χ3n) is 8.05. The maximum absolute atomic E-state index is 11.9. The Bertz CT molecular complexity index is 1300. The van der Waals surface area contributed by atoms with Crippen LogP contribution in [-0.4, -0.2) is 98.0 Å². The molecule has 0 fully saturated rings. The average Bonchev–Trinajstić information content (AvgIpc) is 3.08. The number of likely N-dealkylation sites (N-methyl/N-ethyl adjacent to an activating group) is 2. The van der Waals surface area contributed by atoms with Crippen molar-refractivity contribution in [3.8, 4) is 0 Å². The topological polar surface area (TPSA) is 197 Å². The summed E-state index contributed by atoms with van der Waals surface area (Å²) >= 11 is 0. The van der Waals surface area contributed by atoms with Crippen molar-refractivity contribution < 1.29 is 33.8 Å². The van der Waals surface area contributed by atoms with E-state index in [2.05, 4.69) is 20.4 Å². The van der Waals surface area contributed by atoms with Crippen LogP contribution in [0.4, 0.5) is 11.4 Å². The molecule has 0 aliphatic carbocycles. The molecule has 0 heterocycles. The number of primary amides is 2. The van der Waals surface area contributed by atoms with E-state index in [1.54, 1.807) is 48.5 Å². The van der Waals surface area contributed by atoms with Crippen molar-refractivity contribution in [2.45, 2.75) is 84.0 Å². The van der Waals surface area contributed by atoms with Gasteiger partial charge in [-0.1, -0.05) is 38.5 Å². The first-order chi connectivity index (χ1) is 24.4. The summed E-state index contributed by atoms with van der Waals surface area (Å²) < 4.78 is 4.91. The van der Waals surface area contributed by atoms with Crippen molar-refractivity contribution in [2.24, 2.45) is 11.5 Å². The molecule has 0 spiro atoms. The molecule has 51 heavy (non-hydrogen) atoms. The summed E-state index contributed by atoms with van der Waals surface area (Å²) in [4.78, 5) is 60.7. The van der Waals surface area contributed by atoms with E-state index in [0.29, 0.717) is 42.0 Å². The number of aliphatic hydroxyl groups excluding tert-OH is 1. The summed E-state index contributed by atoms with van der Waals surface area (Å²) in [6.07, 6.45) is 11.5. The van der Waals surface area contributed by atoms with Gasteiger partial charge in [-0.25, -0.2) is 0 Å². The van der Waals surface area contributed by atoms with Crippen LogP contribution in [0.2, 0.25) is 0 Å². The van der Waals surface area contributed by atoms with Crippen LogP contribution in [0.1, 0.15) is 105 Å². The summed E-state index contributed by atoms with van der Waals surface area (Å²) in [6.45, 7) is 5.51. The second-order valence-electron chi connectivity index (χ2n) is 12.7. The lowest BCUT2D eigenvalue weighted by molar-refractivity contribution is -0.141. The molecule has 0 radical (unpaired) electrons. The lowest BCUT2D eigenvalue weighted by Crippen LogP contribution is -2.25. The van der Waals surface area contributed by atoms with Gasteiger partial charge in [-0.3, -0.25) is 24.0 Å². The molecule has 0 aliphatic rings. The molecule has 0 aromatic heterocycles. The lowest BCUT2D eigenvalue weighted by atomic mass is 10.1. The number of nitrogens with two attached hydrogens (primary N) is 2. The summed E-state index contributed by atoms with van der Waals surface area (Å²) in [5.74, 6) is -1.23. The van der Waals surface area contributed by atoms with Crippen molar-refractivity contribution in [2.75, 3.05) is 64.1 Å². The monoisotopic (exact) mass is 712 g/mol. The van der Waals surface area contributed by atoms with Crippen molar-refractivity contribution in [1.29, 1.82) is 0 Å². The zero-order valence-electron chi connectivity index (χ0n) is 30.8. The fraction of sp³-hybridized carbons (Fsp3) is 0.553. The molecule has 0 bridgehead atoms. The summed E-state index contributed by atoms with van der Waals surface area (Å²) in [6, 6.07) is 13.1. The van der Waals surface area contributed by atoms with E-state index in [1.807, 2.05) is 14.1 Å². The SMILES string of the molecule is CC(=O)OCCN(C)CCCCCCCC(=O)Nc1ccc(C(N)=O)cc1.CN(CCO)CCCCCCCC(=O)Nc1ccc(C(N)=O)cc1. The van der Waals surface area contributed by atoms with Crippen LogP contribution in [0.15, 0.2) is 48.5 Å². The van der Waals surface area contributed by atoms with Gasteiger partial charge < -0.3 is 41.7 Å². The molecule has 2 aromatic carbocycles. The van der Waals surface area contributed by atoms with E-state index >= 15 is 0 Å². The summed E-state index contributed by atoms with van der Waals surface area (Å²) in [5, 5.41) is 14.4. The minimum Gasteiger partial charge on any atom is -0.465 e. The standard InChI is InChI=1S/C20H31N3O4.C18H29N3O3/c1-16(24)27-15-14-23(2)13-7-5-3-4-6-8-19(25)22-18-11-9-17(10-12-18)20(21)26;1-21(13-14-22)12-6-4-2-3-5-7-17(23)20-16-10-8-15(9-11-16)18(19)24/h9-12H,3-8,13-15H2,1-2H3,(H2,21,26)(H,22,25);8-11,22H,2-7,12-14H2,1H3,(H2,19,24)(H,20,23). The molecule has 0 aliphatic heterocycles. The molecule has 2 rings (SSSR count). The fourth-order valence-electron chi connectivity index (χ4n) is 5.02. The smallest absolute Gasteiger partial charge is 0.302 e. The van der Waals surface area contributed by atoms with Gasteiger partial charge in [0, 0.05) is 55.4 Å². The van der Waals surface area contributed by atoms with E-state index in [-0.39, 0.29) is 24.4 Å². The number of ether oxygens (including phenoxy) is 1. The van der Waals surface area contributed by atoms with Gasteiger partial charge in [-0.05, 0) is 101 Å². The number of rotatable bonds is 25. The molecule has 0 saturated carbocycles. The number of carbonyl (C=O) groups excluding carboxylic acids is 5. The molecule has 284 valence electrons. The van der Waals surface area contributed by atoms with Crippen molar-refractivity contribution in [3.05, 3.63) is 59.7 Å². The second-order valence-corrected chi connectivity index (χ2v) is 12.7. The van der Waals surface area contributed by atoms with Crippen LogP contribution in [0, 0.1) is 0 Å². The summed E-state index contributed by atoms with van der Waals surface area (Å²) in [5.41, 5.74) is 12.6. The minimum absolute atomic E-state index is 0.00972. The number of aliphatic hydroxyl groups is 1. The van der Waals surface area contributed by atoms with Gasteiger partial charge >= 0.3 is 5.97 Å². The van der Waals surface area contributed by atoms with Crippen LogP contribution >= 0.6 is 0 Å². The van der Waals surface area contributed by atoms with Gasteiger partial charge in [0.2, 0.25) is 23.6 Å². The predicted molar refractivity (Wildman–Crippen MR) is 201 cm³/mol. The number of unbranched alkanes of at least 4 members (excludes halogenated alkanes) is 8. The number of nitrogens with zero attached hydrogens (tertiary/aromatic N) is 2. The quantitative estimate of drug-likeness (QED) is 0.0725. The molecule has 4 amide bonds. The average molecular weight is 713 g/mol. The van der Waals surface area contributed by atoms with Crippen molar-refractivity contribution >= 4 is 41.0 Å². The number of hydrogen-bond acceptors (Lipinski definition) is 9. The van der Waals surface area contributed by atoms with Crippen LogP contribution in [0.25, 0.3) is 0 Å². The Labute approximate surface area is 303 Å². The van der Waals surface area contributed by atoms with Gasteiger partial charge in [0.25, 0.3) is 0 Å². The van der Waals surface area contributed by atoms with E-state index in [1.165, 1.54) is 6.92 Å².